The van der Waals surface area contributed by atoms with Crippen LogP contribution in [0.15, 0.2) is 24.3 Å². The topological polar surface area (TPSA) is 52.5 Å². The molecule has 0 aliphatic rings. The number of hydrogen-bond acceptors (Lipinski definition) is 2. The third kappa shape index (κ3) is 1.52. The van der Waals surface area contributed by atoms with Gasteiger partial charge in [0, 0.05) is 12.8 Å². The number of nitrogens with zero attached hydrogens (tertiary/aromatic N) is 2. The highest BCUT2D eigenvalue weighted by Gasteiger charge is 2.00. The molecular formula is C10H9N3. The number of para-hydroxylation sites is 2. The van der Waals surface area contributed by atoms with E-state index in [-0.39, 0.29) is 0 Å². The van der Waals surface area contributed by atoms with Crippen molar-refractivity contribution in [3.8, 4) is 6.07 Å². The first-order valence-electron chi connectivity index (χ1n) is 4.21. The number of imidazole rings is 1. The molecule has 2 rings (SSSR count). The minimum absolute atomic E-state index is 0.514. The van der Waals surface area contributed by atoms with Gasteiger partial charge in [-0.25, -0.2) is 4.98 Å². The molecule has 0 amide bonds. The Balaban J connectivity index is 2.34. The average molecular weight is 171 g/mol. The summed E-state index contributed by atoms with van der Waals surface area (Å²) in [4.78, 5) is 7.51. The number of benzene rings is 1. The normalized spacial score (nSPS) is 10.1. The standard InChI is InChI=1S/C10H9N3/c11-7-3-6-10-12-8-4-1-2-5-9(8)13-10/h1-2,4-5H,3,6H2,(H,12,13). The monoisotopic (exact) mass is 171 g/mol. The van der Waals surface area contributed by atoms with E-state index in [1.165, 1.54) is 0 Å². The predicted octanol–water partition coefficient (Wildman–Crippen LogP) is 2.02. The molecule has 0 aliphatic heterocycles. The summed E-state index contributed by atoms with van der Waals surface area (Å²) in [6, 6.07) is 9.97. The lowest BCUT2D eigenvalue weighted by molar-refractivity contribution is 0.924. The number of nitrogens with one attached hydrogen (secondary N) is 1. The van der Waals surface area contributed by atoms with Gasteiger partial charge in [0.15, 0.2) is 0 Å². The summed E-state index contributed by atoms with van der Waals surface area (Å²) >= 11 is 0. The maximum absolute atomic E-state index is 8.41. The van der Waals surface area contributed by atoms with Gasteiger partial charge in [0.1, 0.15) is 5.82 Å². The number of aryl methyl sites for hydroxylation is 1. The minimum Gasteiger partial charge on any atom is -0.342 e. The summed E-state index contributed by atoms with van der Waals surface area (Å²) < 4.78 is 0. The summed E-state index contributed by atoms with van der Waals surface area (Å²) in [5, 5.41) is 8.41. The zero-order valence-electron chi connectivity index (χ0n) is 7.12. The Labute approximate surface area is 76.0 Å². The van der Waals surface area contributed by atoms with Crippen LogP contribution in [0.1, 0.15) is 12.2 Å². The van der Waals surface area contributed by atoms with E-state index in [1.54, 1.807) is 0 Å². The molecule has 0 radical (unpaired) electrons. The Morgan fingerprint density at radius 2 is 2.23 bits per heavy atom. The predicted molar refractivity (Wildman–Crippen MR) is 50.0 cm³/mol. The summed E-state index contributed by atoms with van der Waals surface area (Å²) in [5.41, 5.74) is 2.01. The van der Waals surface area contributed by atoms with Gasteiger partial charge in [-0.05, 0) is 12.1 Å². The summed E-state index contributed by atoms with van der Waals surface area (Å²) in [6.07, 6.45) is 1.21. The summed E-state index contributed by atoms with van der Waals surface area (Å²) in [6.45, 7) is 0. The second-order valence-electron chi connectivity index (χ2n) is 2.86. The number of nitriles is 1. The fraction of sp³-hybridized carbons (Fsp3) is 0.200. The van der Waals surface area contributed by atoms with Crippen LogP contribution in [0.4, 0.5) is 0 Å². The maximum atomic E-state index is 8.41. The Hall–Kier alpha value is -1.82. The van der Waals surface area contributed by atoms with Gasteiger partial charge >= 0.3 is 0 Å². The fourth-order valence-corrected chi connectivity index (χ4v) is 1.30. The zero-order valence-corrected chi connectivity index (χ0v) is 7.12. The lowest BCUT2D eigenvalue weighted by Gasteiger charge is -1.85. The van der Waals surface area contributed by atoms with Crippen LogP contribution in [-0.2, 0) is 6.42 Å². The van der Waals surface area contributed by atoms with Crippen molar-refractivity contribution in [1.82, 2.24) is 9.97 Å². The van der Waals surface area contributed by atoms with Gasteiger partial charge in [0.25, 0.3) is 0 Å². The number of aromatic nitrogens is 2. The molecule has 13 heavy (non-hydrogen) atoms. The van der Waals surface area contributed by atoms with Crippen molar-refractivity contribution in [2.24, 2.45) is 0 Å². The molecule has 0 saturated carbocycles. The van der Waals surface area contributed by atoms with Crippen LogP contribution in [0.25, 0.3) is 11.0 Å². The molecule has 0 spiro atoms. The lowest BCUT2D eigenvalue weighted by Crippen LogP contribution is -1.85. The van der Waals surface area contributed by atoms with Crippen LogP contribution in [0.3, 0.4) is 0 Å². The van der Waals surface area contributed by atoms with Crippen LogP contribution < -0.4 is 0 Å². The van der Waals surface area contributed by atoms with Gasteiger partial charge in [0.2, 0.25) is 0 Å². The fourth-order valence-electron chi connectivity index (χ4n) is 1.30. The van der Waals surface area contributed by atoms with Crippen LogP contribution in [-0.4, -0.2) is 9.97 Å². The van der Waals surface area contributed by atoms with E-state index in [4.69, 9.17) is 5.26 Å². The van der Waals surface area contributed by atoms with E-state index in [2.05, 4.69) is 16.0 Å². The highest BCUT2D eigenvalue weighted by Crippen LogP contribution is 2.10. The van der Waals surface area contributed by atoms with E-state index in [0.717, 1.165) is 16.9 Å². The molecule has 64 valence electrons. The maximum Gasteiger partial charge on any atom is 0.108 e. The molecule has 1 aromatic carbocycles. The molecule has 0 bridgehead atoms. The quantitative estimate of drug-likeness (QED) is 0.751. The Bertz CT molecular complexity index is 417. The third-order valence-corrected chi connectivity index (χ3v) is 1.91. The number of aromatic amines is 1. The van der Waals surface area contributed by atoms with Crippen molar-refractivity contribution >= 4 is 11.0 Å². The van der Waals surface area contributed by atoms with Crippen LogP contribution in [0.2, 0.25) is 0 Å². The molecular weight excluding hydrogens is 162 g/mol. The number of H-pyrrole nitrogens is 1. The first-order chi connectivity index (χ1) is 6.40. The van der Waals surface area contributed by atoms with Gasteiger partial charge < -0.3 is 4.98 Å². The zero-order chi connectivity index (χ0) is 9.10. The SMILES string of the molecule is N#CCCc1nc2ccccc2[nH]1. The number of hydrogen-bond donors (Lipinski definition) is 1. The van der Waals surface area contributed by atoms with Gasteiger partial charge in [-0.2, -0.15) is 5.26 Å². The Morgan fingerprint density at radius 1 is 1.38 bits per heavy atom. The molecule has 0 atom stereocenters. The Morgan fingerprint density at radius 3 is 3.00 bits per heavy atom. The van der Waals surface area contributed by atoms with Crippen molar-refractivity contribution in [3.63, 3.8) is 0 Å². The molecule has 1 N–H and O–H groups in total. The second kappa shape index (κ2) is 3.28. The van der Waals surface area contributed by atoms with Crippen molar-refractivity contribution in [2.45, 2.75) is 12.8 Å². The third-order valence-electron chi connectivity index (χ3n) is 1.91. The number of rotatable bonds is 2. The van der Waals surface area contributed by atoms with Crippen LogP contribution in [0.5, 0.6) is 0 Å². The van der Waals surface area contributed by atoms with Gasteiger partial charge in [-0.3, -0.25) is 0 Å². The highest BCUT2D eigenvalue weighted by atomic mass is 14.9. The first-order valence-corrected chi connectivity index (χ1v) is 4.21. The minimum atomic E-state index is 0.514. The highest BCUT2D eigenvalue weighted by molar-refractivity contribution is 5.74. The molecule has 2 aromatic rings. The molecule has 0 fully saturated rings. The molecule has 0 saturated heterocycles. The van der Waals surface area contributed by atoms with E-state index < -0.39 is 0 Å². The first kappa shape index (κ1) is 7.81. The molecule has 1 heterocycles. The summed E-state index contributed by atoms with van der Waals surface area (Å²) in [7, 11) is 0. The molecule has 1 aromatic heterocycles. The van der Waals surface area contributed by atoms with Crippen LogP contribution in [0, 0.1) is 11.3 Å². The lowest BCUT2D eigenvalue weighted by atomic mass is 10.3. The van der Waals surface area contributed by atoms with Crippen molar-refractivity contribution in [2.75, 3.05) is 0 Å². The molecule has 3 nitrogen and oxygen atoms in total. The van der Waals surface area contributed by atoms with Crippen molar-refractivity contribution < 1.29 is 0 Å². The summed E-state index contributed by atoms with van der Waals surface area (Å²) in [5.74, 6) is 0.891. The van der Waals surface area contributed by atoms with E-state index in [9.17, 15) is 0 Å². The van der Waals surface area contributed by atoms with Crippen LogP contribution >= 0.6 is 0 Å². The largest absolute Gasteiger partial charge is 0.342 e. The molecule has 3 heteroatoms. The van der Waals surface area contributed by atoms with Crippen molar-refractivity contribution in [3.05, 3.63) is 30.1 Å². The number of fused-ring (bicyclic) bond motifs is 1. The molecule has 0 unspecified atom stereocenters. The van der Waals surface area contributed by atoms with Gasteiger partial charge in [0.05, 0.1) is 17.1 Å². The smallest absolute Gasteiger partial charge is 0.108 e. The molecule has 0 aliphatic carbocycles. The van der Waals surface area contributed by atoms with E-state index in [1.807, 2.05) is 24.3 Å². The van der Waals surface area contributed by atoms with E-state index >= 15 is 0 Å². The Kier molecular flexibility index (Phi) is 1.97. The van der Waals surface area contributed by atoms with Gasteiger partial charge in [-0.1, -0.05) is 12.1 Å². The van der Waals surface area contributed by atoms with E-state index in [0.29, 0.717) is 12.8 Å². The average Bonchev–Trinajstić information content (AvgIpc) is 2.57. The van der Waals surface area contributed by atoms with Gasteiger partial charge in [-0.15, -0.1) is 0 Å². The van der Waals surface area contributed by atoms with Crippen molar-refractivity contribution in [1.29, 1.82) is 5.26 Å². The second-order valence-corrected chi connectivity index (χ2v) is 2.86.